The summed E-state index contributed by atoms with van der Waals surface area (Å²) < 4.78 is 21.2. The lowest BCUT2D eigenvalue weighted by Gasteiger charge is -2.20. The van der Waals surface area contributed by atoms with Crippen LogP contribution in [0.2, 0.25) is 0 Å². The van der Waals surface area contributed by atoms with E-state index in [0.717, 1.165) is 0 Å². The summed E-state index contributed by atoms with van der Waals surface area (Å²) in [6, 6.07) is 3.91. The van der Waals surface area contributed by atoms with Gasteiger partial charge in [0.1, 0.15) is 11.3 Å². The summed E-state index contributed by atoms with van der Waals surface area (Å²) in [5.41, 5.74) is 5.39. The fourth-order valence-electron chi connectivity index (χ4n) is 2.43. The van der Waals surface area contributed by atoms with Crippen LogP contribution >= 0.6 is 0 Å². The van der Waals surface area contributed by atoms with E-state index in [1.165, 1.54) is 38.2 Å². The third-order valence-electron chi connectivity index (χ3n) is 3.72. The fourth-order valence-corrected chi connectivity index (χ4v) is 2.43. The fraction of sp³-hybridized carbons (Fsp3) is 0.278. The van der Waals surface area contributed by atoms with Gasteiger partial charge in [0, 0.05) is 18.0 Å². The van der Waals surface area contributed by atoms with E-state index < -0.39 is 11.4 Å². The Hall–Kier alpha value is -3.24. The Morgan fingerprint density at radius 2 is 2.11 bits per heavy atom. The number of nitrogens with zero attached hydrogens (tertiary/aromatic N) is 4. The van der Waals surface area contributed by atoms with E-state index >= 15 is 0 Å². The zero-order valence-electron chi connectivity index (χ0n) is 15.4. The van der Waals surface area contributed by atoms with E-state index in [9.17, 15) is 9.50 Å². The van der Waals surface area contributed by atoms with Crippen LogP contribution in [0.4, 0.5) is 21.6 Å². The first-order valence-electron chi connectivity index (χ1n) is 8.49. The molecule has 2 heterocycles. The van der Waals surface area contributed by atoms with Crippen LogP contribution in [-0.4, -0.2) is 36.6 Å². The second-order valence-corrected chi connectivity index (χ2v) is 6.60. The molecular formula is C18H21FN6O3. The molecule has 148 valence electrons. The number of aliphatic hydroxyl groups is 2. The van der Waals surface area contributed by atoms with Gasteiger partial charge in [0.15, 0.2) is 17.4 Å². The number of nitrogens with two attached hydrogens (primary N) is 1. The van der Waals surface area contributed by atoms with Crippen molar-refractivity contribution in [1.82, 2.24) is 19.7 Å². The summed E-state index contributed by atoms with van der Waals surface area (Å²) in [5.74, 6) is -0.519. The first-order valence-corrected chi connectivity index (χ1v) is 8.49. The van der Waals surface area contributed by atoms with E-state index in [-0.39, 0.29) is 23.9 Å². The lowest BCUT2D eigenvalue weighted by atomic mass is 10.1. The van der Waals surface area contributed by atoms with Crippen LogP contribution < -0.4 is 15.8 Å². The van der Waals surface area contributed by atoms with Crippen LogP contribution in [0.1, 0.15) is 19.5 Å². The van der Waals surface area contributed by atoms with Crippen molar-refractivity contribution in [3.05, 3.63) is 48.3 Å². The summed E-state index contributed by atoms with van der Waals surface area (Å²) in [7, 11) is 0. The van der Waals surface area contributed by atoms with Gasteiger partial charge in [-0.15, -0.1) is 0 Å². The number of aliphatic hydroxyl groups excluding tert-OH is 1. The number of nitrogens with one attached hydrogen (secondary N) is 1. The summed E-state index contributed by atoms with van der Waals surface area (Å²) >= 11 is 0. The lowest BCUT2D eigenvalue weighted by Crippen LogP contribution is -2.19. The summed E-state index contributed by atoms with van der Waals surface area (Å²) in [6.45, 7) is 3.36. The van der Waals surface area contributed by atoms with E-state index in [1.807, 2.05) is 0 Å². The van der Waals surface area contributed by atoms with Gasteiger partial charge in [0.05, 0.1) is 31.2 Å². The Bertz CT molecular complexity index is 970. The molecule has 0 spiro atoms. The molecule has 0 aliphatic rings. The highest BCUT2D eigenvalue weighted by atomic mass is 19.1. The normalized spacial score (nSPS) is 11.5. The van der Waals surface area contributed by atoms with E-state index in [2.05, 4.69) is 20.4 Å². The smallest absolute Gasteiger partial charge is 0.246 e. The van der Waals surface area contributed by atoms with Crippen molar-refractivity contribution in [1.29, 1.82) is 0 Å². The van der Waals surface area contributed by atoms with Gasteiger partial charge in [0.25, 0.3) is 0 Å². The number of anilines is 3. The van der Waals surface area contributed by atoms with Crippen LogP contribution in [0.5, 0.6) is 11.6 Å². The van der Waals surface area contributed by atoms with Gasteiger partial charge in [-0.3, -0.25) is 4.68 Å². The highest BCUT2D eigenvalue weighted by Crippen LogP contribution is 2.33. The number of hydrogen-bond donors (Lipinski definition) is 4. The molecule has 1 aromatic carbocycles. The number of halogens is 1. The Morgan fingerprint density at radius 1 is 1.32 bits per heavy atom. The average molecular weight is 388 g/mol. The first kappa shape index (κ1) is 19.5. The molecule has 0 bridgehead atoms. The van der Waals surface area contributed by atoms with E-state index in [1.54, 1.807) is 17.1 Å². The molecule has 0 radical (unpaired) electrons. The maximum Gasteiger partial charge on any atom is 0.246 e. The molecule has 3 aromatic rings. The maximum absolute atomic E-state index is 14.1. The van der Waals surface area contributed by atoms with Crippen LogP contribution in [-0.2, 0) is 12.1 Å². The molecule has 5 N–H and O–H groups in total. The molecule has 3 rings (SSSR count). The number of nitrogen functional groups attached to an aromatic ring is 1. The Balaban J connectivity index is 1.93. The van der Waals surface area contributed by atoms with Gasteiger partial charge < -0.3 is 26.0 Å². The first-order chi connectivity index (χ1) is 13.3. The topological polar surface area (TPSA) is 131 Å². The number of aromatic nitrogens is 4. The molecule has 0 aliphatic carbocycles. The predicted octanol–water partition coefficient (Wildman–Crippen LogP) is 2.15. The van der Waals surface area contributed by atoms with Crippen LogP contribution in [0.15, 0.2) is 36.8 Å². The van der Waals surface area contributed by atoms with Gasteiger partial charge in [-0.25, -0.2) is 9.37 Å². The molecule has 2 aromatic heterocycles. The molecule has 28 heavy (non-hydrogen) atoms. The van der Waals surface area contributed by atoms with Crippen molar-refractivity contribution in [2.75, 3.05) is 17.7 Å². The van der Waals surface area contributed by atoms with E-state index in [0.29, 0.717) is 23.7 Å². The quantitative estimate of drug-likeness (QED) is 0.453. The van der Waals surface area contributed by atoms with Crippen LogP contribution in [0.25, 0.3) is 0 Å². The van der Waals surface area contributed by atoms with Gasteiger partial charge in [-0.1, -0.05) is 0 Å². The van der Waals surface area contributed by atoms with Crippen molar-refractivity contribution in [3.8, 4) is 11.6 Å². The van der Waals surface area contributed by atoms with Crippen LogP contribution in [0, 0.1) is 5.82 Å². The van der Waals surface area contributed by atoms with Crippen molar-refractivity contribution >= 4 is 17.2 Å². The van der Waals surface area contributed by atoms with Gasteiger partial charge in [-0.05, 0) is 26.0 Å². The molecule has 0 fully saturated rings. The zero-order valence-corrected chi connectivity index (χ0v) is 15.4. The number of hydrogen-bond acceptors (Lipinski definition) is 8. The second kappa shape index (κ2) is 7.79. The highest BCUT2D eigenvalue weighted by molar-refractivity contribution is 5.54. The molecular weight excluding hydrogens is 367 g/mol. The average Bonchev–Trinajstić information content (AvgIpc) is 3.05. The molecule has 0 aliphatic heterocycles. The predicted molar refractivity (Wildman–Crippen MR) is 101 cm³/mol. The summed E-state index contributed by atoms with van der Waals surface area (Å²) in [4.78, 5) is 8.52. The molecule has 9 nitrogen and oxygen atoms in total. The SMILES string of the molecule is CC(C)(O)c1ncc(Nc2cnn(CCO)c2)nc1Oc1cc(N)ccc1F. The number of benzene rings is 1. The highest BCUT2D eigenvalue weighted by Gasteiger charge is 2.26. The number of rotatable bonds is 7. The molecule has 0 amide bonds. The standard InChI is InChI=1S/C18H21FN6O3/c1-18(2,27)16-17(28-14-7-11(20)3-4-13(14)19)24-15(9-21-16)23-12-8-22-25(10-12)5-6-26/h3-4,7-10,26-27H,5-6,20H2,1-2H3,(H,23,24). The van der Waals surface area contributed by atoms with Gasteiger partial charge in [-0.2, -0.15) is 10.1 Å². The van der Waals surface area contributed by atoms with E-state index in [4.69, 9.17) is 15.6 Å². The minimum Gasteiger partial charge on any atom is -0.434 e. The third kappa shape index (κ3) is 4.53. The third-order valence-corrected chi connectivity index (χ3v) is 3.72. The zero-order chi connectivity index (χ0) is 20.3. The van der Waals surface area contributed by atoms with Crippen molar-refractivity contribution in [2.24, 2.45) is 0 Å². The Labute approximate surface area is 160 Å². The van der Waals surface area contributed by atoms with Gasteiger partial charge >= 0.3 is 0 Å². The molecule has 0 saturated carbocycles. The Morgan fingerprint density at radius 3 is 2.82 bits per heavy atom. The molecule has 0 unspecified atom stereocenters. The minimum absolute atomic E-state index is 0.0367. The minimum atomic E-state index is -1.37. The van der Waals surface area contributed by atoms with Crippen LogP contribution in [0.3, 0.4) is 0 Å². The van der Waals surface area contributed by atoms with Crippen molar-refractivity contribution in [3.63, 3.8) is 0 Å². The lowest BCUT2D eigenvalue weighted by molar-refractivity contribution is 0.0705. The van der Waals surface area contributed by atoms with Crippen molar-refractivity contribution in [2.45, 2.75) is 26.0 Å². The number of ether oxygens (including phenoxy) is 1. The molecule has 0 atom stereocenters. The second-order valence-electron chi connectivity index (χ2n) is 6.60. The monoisotopic (exact) mass is 388 g/mol. The van der Waals surface area contributed by atoms with Crippen molar-refractivity contribution < 1.29 is 19.3 Å². The van der Waals surface area contributed by atoms with Gasteiger partial charge in [0.2, 0.25) is 5.88 Å². The largest absolute Gasteiger partial charge is 0.434 e. The molecule has 0 saturated heterocycles. The maximum atomic E-state index is 14.1. The summed E-state index contributed by atoms with van der Waals surface area (Å²) in [6.07, 6.45) is 4.65. The summed E-state index contributed by atoms with van der Waals surface area (Å²) in [5, 5.41) is 26.4. The Kier molecular flexibility index (Phi) is 5.43. The molecule has 10 heteroatoms.